The lowest BCUT2D eigenvalue weighted by molar-refractivity contribution is -0.137. The number of para-hydroxylation sites is 1. The van der Waals surface area contributed by atoms with E-state index in [2.05, 4.69) is 10.4 Å². The molecular weight excluding hydrogens is 449 g/mol. The molecule has 0 bridgehead atoms. The minimum Gasteiger partial charge on any atom is -0.339 e. The Morgan fingerprint density at radius 3 is 2.29 bits per heavy atom. The highest BCUT2D eigenvalue weighted by atomic mass is 19.4. The highest BCUT2D eigenvalue weighted by molar-refractivity contribution is 6.03. The van der Waals surface area contributed by atoms with Crippen molar-refractivity contribution in [3.05, 3.63) is 87.3 Å². The number of nitrogens with one attached hydrogen (secondary N) is 1. The number of nitrogens with zero attached hydrogens (tertiary/aromatic N) is 3. The Hall–Kier alpha value is -3.95. The number of rotatable bonds is 4. The van der Waals surface area contributed by atoms with Crippen molar-refractivity contribution < 1.29 is 22.8 Å². The van der Waals surface area contributed by atoms with Gasteiger partial charge in [0.2, 0.25) is 5.43 Å². The number of likely N-dealkylation sites (tertiary alicyclic amines) is 1. The van der Waals surface area contributed by atoms with E-state index < -0.39 is 28.8 Å². The maximum Gasteiger partial charge on any atom is 0.418 e. The van der Waals surface area contributed by atoms with E-state index in [9.17, 15) is 27.6 Å². The van der Waals surface area contributed by atoms with Crippen LogP contribution in [0.15, 0.2) is 59.4 Å². The Morgan fingerprint density at radius 1 is 1.00 bits per heavy atom. The van der Waals surface area contributed by atoms with Gasteiger partial charge in [-0.25, -0.2) is 4.68 Å². The SMILES string of the molecule is Cc1cc(=O)c(C(=O)Nc2ccc(C(=O)N3CCCC3)cc2)nn1-c1ccccc1C(F)(F)F. The first-order valence-corrected chi connectivity index (χ1v) is 10.6. The van der Waals surface area contributed by atoms with Gasteiger partial charge in [-0.3, -0.25) is 14.4 Å². The lowest BCUT2D eigenvalue weighted by Crippen LogP contribution is -2.28. The molecule has 1 fully saturated rings. The monoisotopic (exact) mass is 470 g/mol. The summed E-state index contributed by atoms with van der Waals surface area (Å²) in [6.45, 7) is 2.85. The molecule has 176 valence electrons. The Labute approximate surface area is 192 Å². The van der Waals surface area contributed by atoms with Crippen LogP contribution in [0.3, 0.4) is 0 Å². The van der Waals surface area contributed by atoms with Crippen LogP contribution < -0.4 is 10.7 Å². The Morgan fingerprint density at radius 2 is 1.65 bits per heavy atom. The molecule has 1 aromatic heterocycles. The van der Waals surface area contributed by atoms with Gasteiger partial charge in [0, 0.05) is 36.1 Å². The van der Waals surface area contributed by atoms with Gasteiger partial charge < -0.3 is 10.2 Å². The maximum atomic E-state index is 13.5. The van der Waals surface area contributed by atoms with Crippen LogP contribution in [-0.4, -0.2) is 39.6 Å². The summed E-state index contributed by atoms with van der Waals surface area (Å²) in [4.78, 5) is 39.4. The minimum absolute atomic E-state index is 0.0956. The second-order valence-electron chi connectivity index (χ2n) is 7.96. The van der Waals surface area contributed by atoms with Crippen LogP contribution in [0.2, 0.25) is 0 Å². The average molecular weight is 470 g/mol. The maximum absolute atomic E-state index is 13.5. The normalized spacial score (nSPS) is 13.7. The van der Waals surface area contributed by atoms with Crippen LogP contribution in [0.25, 0.3) is 5.69 Å². The van der Waals surface area contributed by atoms with Crippen molar-refractivity contribution in [2.24, 2.45) is 0 Å². The van der Waals surface area contributed by atoms with E-state index in [0.717, 1.165) is 29.7 Å². The first kappa shape index (κ1) is 23.2. The van der Waals surface area contributed by atoms with Crippen LogP contribution in [-0.2, 0) is 6.18 Å². The van der Waals surface area contributed by atoms with Crippen molar-refractivity contribution in [3.8, 4) is 5.69 Å². The molecule has 0 saturated carbocycles. The summed E-state index contributed by atoms with van der Waals surface area (Å²) in [5.74, 6) is -0.969. The number of aryl methyl sites for hydroxylation is 1. The summed E-state index contributed by atoms with van der Waals surface area (Å²) < 4.78 is 41.3. The topological polar surface area (TPSA) is 84.3 Å². The minimum atomic E-state index is -4.65. The molecular formula is C24H21F3N4O3. The molecule has 2 amide bonds. The molecule has 0 aliphatic carbocycles. The quantitative estimate of drug-likeness (QED) is 0.624. The van der Waals surface area contributed by atoms with Gasteiger partial charge >= 0.3 is 6.18 Å². The van der Waals surface area contributed by atoms with Gasteiger partial charge in [-0.15, -0.1) is 0 Å². The molecule has 10 heteroatoms. The molecule has 0 unspecified atom stereocenters. The number of halogens is 3. The van der Waals surface area contributed by atoms with E-state index in [1.54, 1.807) is 17.0 Å². The summed E-state index contributed by atoms with van der Waals surface area (Å²) in [5, 5.41) is 6.46. The second kappa shape index (κ2) is 9.12. The third-order valence-electron chi connectivity index (χ3n) is 5.54. The zero-order valence-corrected chi connectivity index (χ0v) is 18.2. The largest absolute Gasteiger partial charge is 0.418 e. The van der Waals surface area contributed by atoms with Gasteiger partial charge in [0.1, 0.15) is 0 Å². The molecule has 1 aliphatic rings. The van der Waals surface area contributed by atoms with E-state index in [-0.39, 0.29) is 17.3 Å². The van der Waals surface area contributed by atoms with Crippen molar-refractivity contribution in [1.82, 2.24) is 14.7 Å². The lowest BCUT2D eigenvalue weighted by atomic mass is 10.1. The standard InChI is InChI=1S/C24H21F3N4O3/c1-15-14-20(32)21(29-31(15)19-7-3-2-6-18(19)24(25,26)27)22(33)28-17-10-8-16(9-11-17)23(34)30-12-4-5-13-30/h2-3,6-11,14H,4-5,12-13H2,1H3,(H,28,33). The Bertz CT molecular complexity index is 1290. The third kappa shape index (κ3) is 4.70. The number of carbonyl (C=O) groups is 2. The van der Waals surface area contributed by atoms with Crippen molar-refractivity contribution >= 4 is 17.5 Å². The molecule has 4 rings (SSSR count). The lowest BCUT2D eigenvalue weighted by Gasteiger charge is -2.17. The van der Waals surface area contributed by atoms with Gasteiger partial charge in [0.25, 0.3) is 11.8 Å². The fourth-order valence-corrected chi connectivity index (χ4v) is 3.84. The van der Waals surface area contributed by atoms with E-state index in [1.165, 1.54) is 37.3 Å². The molecule has 1 aliphatic heterocycles. The first-order valence-electron chi connectivity index (χ1n) is 10.6. The van der Waals surface area contributed by atoms with Crippen LogP contribution in [0.5, 0.6) is 0 Å². The van der Waals surface area contributed by atoms with Gasteiger partial charge in [0.05, 0.1) is 11.3 Å². The Balaban J connectivity index is 1.60. The van der Waals surface area contributed by atoms with E-state index in [0.29, 0.717) is 24.3 Å². The highest BCUT2D eigenvalue weighted by Gasteiger charge is 2.34. The van der Waals surface area contributed by atoms with Crippen molar-refractivity contribution in [1.29, 1.82) is 0 Å². The van der Waals surface area contributed by atoms with Crippen molar-refractivity contribution in [3.63, 3.8) is 0 Å². The number of alkyl halides is 3. The fourth-order valence-electron chi connectivity index (χ4n) is 3.84. The summed E-state index contributed by atoms with van der Waals surface area (Å²) in [6.07, 6.45) is -2.71. The van der Waals surface area contributed by atoms with E-state index in [4.69, 9.17) is 0 Å². The second-order valence-corrected chi connectivity index (χ2v) is 7.96. The first-order chi connectivity index (χ1) is 16.1. The Kier molecular flexibility index (Phi) is 6.23. The number of hydrogen-bond acceptors (Lipinski definition) is 4. The molecule has 1 saturated heterocycles. The zero-order chi connectivity index (χ0) is 24.5. The number of amides is 2. The van der Waals surface area contributed by atoms with Gasteiger partial charge in [-0.05, 0) is 56.2 Å². The van der Waals surface area contributed by atoms with Gasteiger partial charge in [-0.2, -0.15) is 18.3 Å². The molecule has 34 heavy (non-hydrogen) atoms. The average Bonchev–Trinajstić information content (AvgIpc) is 3.33. The molecule has 3 aromatic rings. The smallest absolute Gasteiger partial charge is 0.339 e. The highest BCUT2D eigenvalue weighted by Crippen LogP contribution is 2.33. The number of aromatic nitrogens is 2. The predicted molar refractivity (Wildman–Crippen MR) is 119 cm³/mol. The van der Waals surface area contributed by atoms with Crippen LogP contribution >= 0.6 is 0 Å². The van der Waals surface area contributed by atoms with Crippen LogP contribution in [0.4, 0.5) is 18.9 Å². The molecule has 0 radical (unpaired) electrons. The van der Waals surface area contributed by atoms with Crippen LogP contribution in [0, 0.1) is 6.92 Å². The number of benzene rings is 2. The molecule has 2 heterocycles. The summed E-state index contributed by atoms with van der Waals surface area (Å²) in [7, 11) is 0. The van der Waals surface area contributed by atoms with Gasteiger partial charge in [0.15, 0.2) is 5.69 Å². The predicted octanol–water partition coefficient (Wildman–Crippen LogP) is 4.05. The number of anilines is 1. The van der Waals surface area contributed by atoms with Crippen LogP contribution in [0.1, 0.15) is 44.9 Å². The summed E-state index contributed by atoms with van der Waals surface area (Å²) in [5.41, 5.74) is -1.60. The molecule has 1 N–H and O–H groups in total. The third-order valence-corrected chi connectivity index (χ3v) is 5.54. The van der Waals surface area contributed by atoms with Gasteiger partial charge in [-0.1, -0.05) is 12.1 Å². The van der Waals surface area contributed by atoms with Crippen molar-refractivity contribution in [2.75, 3.05) is 18.4 Å². The van der Waals surface area contributed by atoms with E-state index >= 15 is 0 Å². The van der Waals surface area contributed by atoms with Crippen molar-refractivity contribution in [2.45, 2.75) is 25.9 Å². The summed E-state index contributed by atoms with van der Waals surface area (Å²) in [6, 6.07) is 12.0. The molecule has 0 atom stereocenters. The number of hydrogen-bond donors (Lipinski definition) is 1. The number of carbonyl (C=O) groups excluding carboxylic acids is 2. The van der Waals surface area contributed by atoms with E-state index in [1.807, 2.05) is 0 Å². The fraction of sp³-hybridized carbons (Fsp3) is 0.250. The molecule has 0 spiro atoms. The zero-order valence-electron chi connectivity index (χ0n) is 18.2. The summed E-state index contributed by atoms with van der Waals surface area (Å²) >= 11 is 0. The molecule has 2 aromatic carbocycles. The molecule has 7 nitrogen and oxygen atoms in total.